The van der Waals surface area contributed by atoms with Crippen LogP contribution in [0.4, 0.5) is 0 Å². The van der Waals surface area contributed by atoms with Crippen molar-refractivity contribution in [3.05, 3.63) is 11.6 Å². The van der Waals surface area contributed by atoms with Crippen molar-refractivity contribution in [2.75, 3.05) is 0 Å². The maximum Gasteiger partial charge on any atom is 0.310 e. The second kappa shape index (κ2) is 6.89. The lowest BCUT2D eigenvalue weighted by Gasteiger charge is -2.71. The zero-order chi connectivity index (χ0) is 24.2. The average molecular weight is 457 g/mol. The van der Waals surface area contributed by atoms with Gasteiger partial charge in [-0.05, 0) is 109 Å². The number of carbonyl (C=O) groups is 1. The summed E-state index contributed by atoms with van der Waals surface area (Å²) in [7, 11) is 0. The van der Waals surface area contributed by atoms with Crippen LogP contribution in [0.1, 0.15) is 113 Å². The van der Waals surface area contributed by atoms with Gasteiger partial charge in [-0.3, -0.25) is 4.79 Å². The zero-order valence-electron chi connectivity index (χ0n) is 22.3. The molecular formula is C30H48O3. The summed E-state index contributed by atoms with van der Waals surface area (Å²) in [6, 6.07) is 0. The molecule has 0 aromatic heterocycles. The van der Waals surface area contributed by atoms with Crippen molar-refractivity contribution in [3.63, 3.8) is 0 Å². The summed E-state index contributed by atoms with van der Waals surface area (Å²) >= 11 is 0. The molecule has 8 atom stereocenters. The molecule has 0 aliphatic heterocycles. The average Bonchev–Trinajstić information content (AvgIpc) is 2.71. The Balaban J connectivity index is 1.60. The molecule has 186 valence electrons. The van der Waals surface area contributed by atoms with Crippen LogP contribution < -0.4 is 0 Å². The Bertz CT molecular complexity index is 885. The summed E-state index contributed by atoms with van der Waals surface area (Å²) in [5.41, 5.74) is 1.68. The largest absolute Gasteiger partial charge is 0.481 e. The van der Waals surface area contributed by atoms with Crippen molar-refractivity contribution in [2.45, 2.75) is 119 Å². The van der Waals surface area contributed by atoms with Crippen LogP contribution in [-0.4, -0.2) is 22.3 Å². The molecule has 33 heavy (non-hydrogen) atoms. The first kappa shape index (κ1) is 23.9. The summed E-state index contributed by atoms with van der Waals surface area (Å²) < 4.78 is 0. The first-order valence-corrected chi connectivity index (χ1v) is 13.8. The summed E-state index contributed by atoms with van der Waals surface area (Å²) in [6.45, 7) is 16.9. The molecule has 3 heteroatoms. The lowest BCUT2D eigenvalue weighted by molar-refractivity contribution is -0.205. The van der Waals surface area contributed by atoms with E-state index in [0.29, 0.717) is 11.8 Å². The molecular weight excluding hydrogens is 408 g/mol. The van der Waals surface area contributed by atoms with Crippen LogP contribution >= 0.6 is 0 Å². The summed E-state index contributed by atoms with van der Waals surface area (Å²) in [6.07, 6.45) is 12.6. The molecule has 0 amide bonds. The van der Waals surface area contributed by atoms with Crippen LogP contribution in [0, 0.1) is 50.2 Å². The number of carboxylic acid groups (broad SMARTS) is 1. The first-order chi connectivity index (χ1) is 15.1. The standard InChI is InChI=1S/C30H48O3/c1-25(2)14-16-30(24(32)33)17-15-28(6)19(20(30)18-25)8-9-22-27(5)12-11-23(31)26(3,4)21(27)10-13-29(22,28)7/h8,20-23,31H,9-18H2,1-7H3,(H,32,33)/t20?,21?,22?,23?,27-,28+,29+,30-/m0/s1. The van der Waals surface area contributed by atoms with E-state index in [1.54, 1.807) is 0 Å². The number of aliphatic carboxylic acids is 1. The van der Waals surface area contributed by atoms with Crippen LogP contribution in [0.25, 0.3) is 0 Å². The van der Waals surface area contributed by atoms with Crippen LogP contribution in [0.5, 0.6) is 0 Å². The Morgan fingerprint density at radius 3 is 2.21 bits per heavy atom. The molecule has 2 N–H and O–H groups in total. The predicted octanol–water partition coefficient (Wildman–Crippen LogP) is 7.23. The highest BCUT2D eigenvalue weighted by Crippen LogP contribution is 2.75. The Labute approximate surface area is 201 Å². The molecule has 4 fully saturated rings. The molecule has 0 spiro atoms. The highest BCUT2D eigenvalue weighted by Gasteiger charge is 2.69. The zero-order valence-corrected chi connectivity index (χ0v) is 22.3. The van der Waals surface area contributed by atoms with Crippen molar-refractivity contribution in [1.29, 1.82) is 0 Å². The summed E-state index contributed by atoms with van der Waals surface area (Å²) in [5.74, 6) is 0.807. The van der Waals surface area contributed by atoms with Gasteiger partial charge in [-0.25, -0.2) is 0 Å². The smallest absolute Gasteiger partial charge is 0.310 e. The highest BCUT2D eigenvalue weighted by atomic mass is 16.4. The number of carboxylic acids is 1. The second-order valence-electron chi connectivity index (χ2n) is 15.1. The van der Waals surface area contributed by atoms with Crippen LogP contribution in [-0.2, 0) is 4.79 Å². The maximum atomic E-state index is 12.8. The van der Waals surface area contributed by atoms with E-state index in [1.165, 1.54) is 18.4 Å². The van der Waals surface area contributed by atoms with Gasteiger partial charge in [-0.2, -0.15) is 0 Å². The molecule has 5 aliphatic carbocycles. The van der Waals surface area contributed by atoms with E-state index in [-0.39, 0.29) is 39.1 Å². The summed E-state index contributed by atoms with van der Waals surface area (Å²) in [5, 5.41) is 21.4. The second-order valence-corrected chi connectivity index (χ2v) is 15.1. The van der Waals surface area contributed by atoms with Crippen molar-refractivity contribution in [2.24, 2.45) is 50.2 Å². The van der Waals surface area contributed by atoms with Gasteiger partial charge in [0.25, 0.3) is 0 Å². The molecule has 4 saturated carbocycles. The van der Waals surface area contributed by atoms with Gasteiger partial charge in [0.05, 0.1) is 11.5 Å². The van der Waals surface area contributed by atoms with E-state index >= 15 is 0 Å². The van der Waals surface area contributed by atoms with E-state index in [1.807, 2.05) is 0 Å². The molecule has 5 aliphatic rings. The van der Waals surface area contributed by atoms with Crippen molar-refractivity contribution in [3.8, 4) is 0 Å². The van der Waals surface area contributed by atoms with Crippen LogP contribution in [0.15, 0.2) is 11.6 Å². The molecule has 0 heterocycles. The molecule has 0 aromatic rings. The van der Waals surface area contributed by atoms with Gasteiger partial charge < -0.3 is 10.2 Å². The predicted molar refractivity (Wildman–Crippen MR) is 133 cm³/mol. The third-order valence-corrected chi connectivity index (χ3v) is 13.0. The van der Waals surface area contributed by atoms with E-state index in [2.05, 4.69) is 54.5 Å². The molecule has 5 rings (SSSR count). The van der Waals surface area contributed by atoms with E-state index in [4.69, 9.17) is 0 Å². The maximum absolute atomic E-state index is 12.8. The molecule has 0 radical (unpaired) electrons. The van der Waals surface area contributed by atoms with Gasteiger partial charge in [-0.15, -0.1) is 0 Å². The fourth-order valence-electron chi connectivity index (χ4n) is 10.6. The van der Waals surface area contributed by atoms with E-state index in [0.717, 1.165) is 51.4 Å². The third-order valence-electron chi connectivity index (χ3n) is 13.0. The highest BCUT2D eigenvalue weighted by molar-refractivity contribution is 5.76. The lowest BCUT2D eigenvalue weighted by atomic mass is 9.33. The first-order valence-electron chi connectivity index (χ1n) is 13.8. The lowest BCUT2D eigenvalue weighted by Crippen LogP contribution is -2.65. The number of hydrogen-bond acceptors (Lipinski definition) is 2. The van der Waals surface area contributed by atoms with Gasteiger partial charge in [0.1, 0.15) is 0 Å². The Morgan fingerprint density at radius 1 is 0.879 bits per heavy atom. The van der Waals surface area contributed by atoms with Gasteiger partial charge in [-0.1, -0.05) is 60.1 Å². The number of aliphatic hydroxyl groups is 1. The molecule has 0 aromatic carbocycles. The topological polar surface area (TPSA) is 57.5 Å². The fraction of sp³-hybridized carbons (Fsp3) is 0.900. The molecule has 0 bridgehead atoms. The van der Waals surface area contributed by atoms with Crippen LogP contribution in [0.3, 0.4) is 0 Å². The van der Waals surface area contributed by atoms with Crippen LogP contribution in [0.2, 0.25) is 0 Å². The van der Waals surface area contributed by atoms with Crippen molar-refractivity contribution >= 4 is 5.97 Å². The fourth-order valence-corrected chi connectivity index (χ4v) is 10.6. The van der Waals surface area contributed by atoms with Gasteiger partial charge in [0.15, 0.2) is 0 Å². The van der Waals surface area contributed by atoms with Crippen molar-refractivity contribution < 1.29 is 15.0 Å². The molecule has 3 nitrogen and oxygen atoms in total. The van der Waals surface area contributed by atoms with E-state index in [9.17, 15) is 15.0 Å². The van der Waals surface area contributed by atoms with Gasteiger partial charge >= 0.3 is 5.97 Å². The normalized spacial score (nSPS) is 52.4. The number of rotatable bonds is 1. The quantitative estimate of drug-likeness (QED) is 0.409. The minimum Gasteiger partial charge on any atom is -0.481 e. The summed E-state index contributed by atoms with van der Waals surface area (Å²) in [4.78, 5) is 12.8. The van der Waals surface area contributed by atoms with Crippen molar-refractivity contribution in [1.82, 2.24) is 0 Å². The molecule has 4 unspecified atom stereocenters. The number of hydrogen-bond donors (Lipinski definition) is 2. The SMILES string of the molecule is CC1(C)CC[C@]2(C(=O)O)CC[C@]3(C)C(=CCC4[C@@]5(C)CCC(O)C(C)(C)C5CC[C@]43C)C2C1. The number of allylic oxidation sites excluding steroid dienone is 2. The molecule has 0 saturated heterocycles. The Kier molecular flexibility index (Phi) is 4.99. The Morgan fingerprint density at radius 2 is 1.55 bits per heavy atom. The monoisotopic (exact) mass is 456 g/mol. The number of aliphatic hydroxyl groups excluding tert-OH is 1. The third kappa shape index (κ3) is 2.87. The Hall–Kier alpha value is -0.830. The van der Waals surface area contributed by atoms with Gasteiger partial charge in [0.2, 0.25) is 0 Å². The minimum absolute atomic E-state index is 0.0301. The van der Waals surface area contributed by atoms with E-state index < -0.39 is 11.4 Å². The number of fused-ring (bicyclic) bond motifs is 7. The minimum atomic E-state index is -0.553. The van der Waals surface area contributed by atoms with Gasteiger partial charge in [0, 0.05) is 0 Å².